The number of hydrogen-bond acceptors (Lipinski definition) is 4. The van der Waals surface area contributed by atoms with E-state index in [1.54, 1.807) is 13.1 Å². The second kappa shape index (κ2) is 8.96. The molecule has 1 aliphatic carbocycles. The summed E-state index contributed by atoms with van der Waals surface area (Å²) in [5, 5.41) is 4.13. The van der Waals surface area contributed by atoms with Crippen LogP contribution in [0.15, 0.2) is 67.0 Å². The summed E-state index contributed by atoms with van der Waals surface area (Å²) in [5.41, 5.74) is 6.44. The van der Waals surface area contributed by atoms with Crippen molar-refractivity contribution in [1.29, 1.82) is 0 Å². The lowest BCUT2D eigenvalue weighted by Gasteiger charge is -2.38. The van der Waals surface area contributed by atoms with E-state index in [9.17, 15) is 8.78 Å². The zero-order valence-corrected chi connectivity index (χ0v) is 21.2. The van der Waals surface area contributed by atoms with Crippen molar-refractivity contribution in [3.8, 4) is 22.4 Å². The van der Waals surface area contributed by atoms with Gasteiger partial charge < -0.3 is 10.1 Å². The Morgan fingerprint density at radius 1 is 1.00 bits per heavy atom. The fourth-order valence-electron chi connectivity index (χ4n) is 6.09. The normalized spacial score (nSPS) is 19.1. The van der Waals surface area contributed by atoms with Gasteiger partial charge in [-0.2, -0.15) is 0 Å². The Labute approximate surface area is 219 Å². The lowest BCUT2D eigenvalue weighted by atomic mass is 9.96. The topological polar surface area (TPSA) is 51.5 Å². The third-order valence-corrected chi connectivity index (χ3v) is 8.14. The Bertz CT molecular complexity index is 1660. The third-order valence-electron chi connectivity index (χ3n) is 8.14. The molecule has 2 aromatic carbocycles. The molecule has 38 heavy (non-hydrogen) atoms. The number of halogens is 2. The van der Waals surface area contributed by atoms with Gasteiger partial charge in [0.15, 0.2) is 5.82 Å². The van der Waals surface area contributed by atoms with Gasteiger partial charge in [0.2, 0.25) is 0 Å². The maximum atomic E-state index is 14.5. The first-order valence-electron chi connectivity index (χ1n) is 13.2. The van der Waals surface area contributed by atoms with Crippen molar-refractivity contribution < 1.29 is 13.5 Å². The molecule has 5 nitrogen and oxygen atoms in total. The van der Waals surface area contributed by atoms with Crippen molar-refractivity contribution in [2.75, 3.05) is 13.2 Å². The van der Waals surface area contributed by atoms with Gasteiger partial charge in [-0.3, -0.25) is 4.40 Å². The molecule has 0 radical (unpaired) electrons. The minimum absolute atomic E-state index is 0.0541. The molecule has 0 bridgehead atoms. The van der Waals surface area contributed by atoms with Crippen LogP contribution in [0.3, 0.4) is 0 Å². The average molecular weight is 511 g/mol. The number of nitrogens with zero attached hydrogens (tertiary/aromatic N) is 3. The molecule has 2 fully saturated rings. The molecule has 4 heterocycles. The first kappa shape index (κ1) is 23.4. The van der Waals surface area contributed by atoms with Crippen LogP contribution in [0.5, 0.6) is 0 Å². The molecule has 3 aromatic heterocycles. The number of imidazole rings is 1. The molecule has 1 spiro atoms. The van der Waals surface area contributed by atoms with Gasteiger partial charge in [0, 0.05) is 35.5 Å². The Morgan fingerprint density at radius 2 is 1.82 bits per heavy atom. The molecule has 1 saturated carbocycles. The van der Waals surface area contributed by atoms with E-state index in [-0.39, 0.29) is 17.2 Å². The first-order chi connectivity index (χ1) is 18.5. The van der Waals surface area contributed by atoms with Crippen molar-refractivity contribution in [2.24, 2.45) is 0 Å². The predicted molar refractivity (Wildman–Crippen MR) is 144 cm³/mol. The quantitative estimate of drug-likeness (QED) is 0.291. The number of nitrogens with one attached hydrogen (secondary N) is 1. The van der Waals surface area contributed by atoms with Crippen LogP contribution in [-0.4, -0.2) is 33.1 Å². The molecule has 5 aromatic rings. The van der Waals surface area contributed by atoms with Crippen molar-refractivity contribution in [3.05, 3.63) is 89.9 Å². The van der Waals surface area contributed by atoms with Gasteiger partial charge in [-0.1, -0.05) is 37.1 Å². The van der Waals surface area contributed by atoms with E-state index in [4.69, 9.17) is 4.74 Å². The largest absolute Gasteiger partial charge is 0.372 e. The molecule has 192 valence electrons. The van der Waals surface area contributed by atoms with E-state index < -0.39 is 11.6 Å². The second-order valence-electron chi connectivity index (χ2n) is 10.6. The molecule has 7 rings (SSSR count). The van der Waals surface area contributed by atoms with Gasteiger partial charge in [0.25, 0.3) is 0 Å². The van der Waals surface area contributed by atoms with E-state index in [0.29, 0.717) is 23.3 Å². The van der Waals surface area contributed by atoms with Crippen molar-refractivity contribution in [1.82, 2.24) is 19.7 Å². The summed E-state index contributed by atoms with van der Waals surface area (Å²) in [6, 6.07) is 16.9. The maximum absolute atomic E-state index is 14.5. The maximum Gasteiger partial charge on any atom is 0.152 e. The number of rotatable bonds is 3. The van der Waals surface area contributed by atoms with Gasteiger partial charge in [-0.25, -0.2) is 18.7 Å². The zero-order valence-electron chi connectivity index (χ0n) is 21.2. The smallest absolute Gasteiger partial charge is 0.152 e. The van der Waals surface area contributed by atoms with E-state index in [1.165, 1.54) is 24.5 Å². The zero-order chi connectivity index (χ0) is 25.9. The van der Waals surface area contributed by atoms with Crippen molar-refractivity contribution >= 4 is 16.6 Å². The van der Waals surface area contributed by atoms with E-state index in [0.717, 1.165) is 47.9 Å². The molecule has 7 heteroatoms. The number of fused-ring (bicyclic) bond motifs is 2. The number of ether oxygens (including phenoxy) is 1. The third kappa shape index (κ3) is 3.97. The number of aromatic nitrogens is 3. The van der Waals surface area contributed by atoms with Gasteiger partial charge in [0.05, 0.1) is 30.1 Å². The van der Waals surface area contributed by atoms with Crippen LogP contribution >= 0.6 is 0 Å². The standard InChI is InChI=1S/C31H28F2N4O/c1-19-12-24(25-14-23(32)15-26(33)30(25)36-19)28-16-34-29-13-22(8-11-37(28)29)20-4-6-21(7-5-20)27-17-38-31(18-35-27)9-2-3-10-31/h4-8,11-16,27,35H,2-3,9-10,17-18H2,1H3. The molecule has 1 saturated heterocycles. The highest BCUT2D eigenvalue weighted by Crippen LogP contribution is 2.37. The highest BCUT2D eigenvalue weighted by Gasteiger charge is 2.38. The molecule has 1 unspecified atom stereocenters. The molecule has 2 aliphatic rings. The SMILES string of the molecule is Cc1cc(-c2cnc3cc(-c4ccc(C5COC6(CCCC6)CN5)cc4)ccn23)c2cc(F)cc(F)c2n1. The van der Waals surface area contributed by atoms with E-state index in [2.05, 4.69) is 39.6 Å². The Kier molecular flexibility index (Phi) is 5.53. The summed E-state index contributed by atoms with van der Waals surface area (Å²) in [5.74, 6) is -1.30. The predicted octanol–water partition coefficient (Wildman–Crippen LogP) is 6.78. The van der Waals surface area contributed by atoms with E-state index in [1.807, 2.05) is 28.8 Å². The van der Waals surface area contributed by atoms with Crippen molar-refractivity contribution in [3.63, 3.8) is 0 Å². The summed E-state index contributed by atoms with van der Waals surface area (Å²) in [6.07, 6.45) is 8.54. The van der Waals surface area contributed by atoms with Crippen LogP contribution < -0.4 is 5.32 Å². The van der Waals surface area contributed by atoms with Crippen LogP contribution in [0.2, 0.25) is 0 Å². The van der Waals surface area contributed by atoms with Crippen molar-refractivity contribution in [2.45, 2.75) is 44.2 Å². The molecular weight excluding hydrogens is 482 g/mol. The van der Waals surface area contributed by atoms with Gasteiger partial charge >= 0.3 is 0 Å². The summed E-state index contributed by atoms with van der Waals surface area (Å²) < 4.78 is 36.8. The highest BCUT2D eigenvalue weighted by molar-refractivity contribution is 5.94. The van der Waals surface area contributed by atoms with Crippen LogP contribution in [0.1, 0.15) is 43.0 Å². The lowest BCUT2D eigenvalue weighted by molar-refractivity contribution is -0.0788. The van der Waals surface area contributed by atoms with Gasteiger partial charge in [-0.05, 0) is 60.7 Å². The van der Waals surface area contributed by atoms with E-state index >= 15 is 0 Å². The number of benzene rings is 2. The molecular formula is C31H28F2N4O. The number of pyridine rings is 2. The summed E-state index contributed by atoms with van der Waals surface area (Å²) >= 11 is 0. The minimum Gasteiger partial charge on any atom is -0.372 e. The summed E-state index contributed by atoms with van der Waals surface area (Å²) in [6.45, 7) is 3.43. The Balaban J connectivity index is 1.18. The van der Waals surface area contributed by atoms with Crippen LogP contribution in [0.4, 0.5) is 8.78 Å². The lowest BCUT2D eigenvalue weighted by Crippen LogP contribution is -2.49. The second-order valence-corrected chi connectivity index (χ2v) is 10.6. The molecule has 1 N–H and O–H groups in total. The fourth-order valence-corrected chi connectivity index (χ4v) is 6.09. The average Bonchev–Trinajstić information content (AvgIpc) is 3.56. The Morgan fingerprint density at radius 3 is 2.58 bits per heavy atom. The number of morpholine rings is 1. The molecule has 0 amide bonds. The summed E-state index contributed by atoms with van der Waals surface area (Å²) in [7, 11) is 0. The number of hydrogen-bond donors (Lipinski definition) is 1. The molecule has 1 aliphatic heterocycles. The van der Waals surface area contributed by atoms with Gasteiger partial charge in [0.1, 0.15) is 17.0 Å². The number of aryl methyl sites for hydroxylation is 1. The summed E-state index contributed by atoms with van der Waals surface area (Å²) in [4.78, 5) is 8.91. The first-order valence-corrected chi connectivity index (χ1v) is 13.2. The minimum atomic E-state index is -0.669. The van der Waals surface area contributed by atoms with Crippen LogP contribution in [0, 0.1) is 18.6 Å². The Hall–Kier alpha value is -3.68. The fraction of sp³-hybridized carbons (Fsp3) is 0.290. The van der Waals surface area contributed by atoms with Crippen LogP contribution in [-0.2, 0) is 4.74 Å². The molecule has 1 atom stereocenters. The monoisotopic (exact) mass is 510 g/mol. The highest BCUT2D eigenvalue weighted by atomic mass is 19.1. The van der Waals surface area contributed by atoms with Crippen LogP contribution in [0.25, 0.3) is 38.9 Å². The van der Waals surface area contributed by atoms with Gasteiger partial charge in [-0.15, -0.1) is 0 Å².